The largest absolute Gasteiger partial charge is 0.457 e. The number of hydrogen-bond acceptors (Lipinski definition) is 4. The summed E-state index contributed by atoms with van der Waals surface area (Å²) >= 11 is 0. The zero-order valence-corrected chi connectivity index (χ0v) is 19.0. The molecule has 0 unspecified atom stereocenters. The Morgan fingerprint density at radius 3 is 2.06 bits per heavy atom. The predicted octanol–water partition coefficient (Wildman–Crippen LogP) is 6.89. The van der Waals surface area contributed by atoms with Crippen LogP contribution in [0.1, 0.15) is 26.5 Å². The molecular weight excluding hydrogens is 452 g/mol. The molecule has 0 aliphatic rings. The molecule has 0 saturated carbocycles. The number of ether oxygens (including phenoxy) is 2. The van der Waals surface area contributed by atoms with Crippen LogP contribution in [0, 0.1) is 0 Å². The first-order valence-electron chi connectivity index (χ1n) is 11.4. The first-order chi connectivity index (χ1) is 17.6. The Labute approximate surface area is 206 Å². The Bertz CT molecular complexity index is 1700. The molecule has 0 fully saturated rings. The van der Waals surface area contributed by atoms with Crippen molar-refractivity contribution in [3.63, 3.8) is 0 Å². The van der Waals surface area contributed by atoms with Crippen LogP contribution < -0.4 is 9.47 Å². The molecule has 174 valence electrons. The van der Waals surface area contributed by atoms with Crippen LogP contribution in [0.2, 0.25) is 0 Å². The molecule has 0 bridgehead atoms. The zero-order chi connectivity index (χ0) is 24.5. The van der Waals surface area contributed by atoms with Crippen LogP contribution in [-0.4, -0.2) is 21.7 Å². The standard InChI is InChI=1S/C30H20N2O4/c33-29(27-17-19-7-4-5-12-25(19)31-27)28-18-21-16-24(13-14-26(21)32-28)36-30(34)20-8-6-11-23(15-20)35-22-9-2-1-3-10-22/h1-18,31-32H. The topological polar surface area (TPSA) is 84.2 Å². The molecule has 4 aromatic carbocycles. The van der Waals surface area contributed by atoms with Gasteiger partial charge in [-0.05, 0) is 66.7 Å². The minimum Gasteiger partial charge on any atom is -0.457 e. The van der Waals surface area contributed by atoms with Gasteiger partial charge in [-0.2, -0.15) is 0 Å². The average Bonchev–Trinajstić information content (AvgIpc) is 3.53. The number of hydrogen-bond donors (Lipinski definition) is 2. The van der Waals surface area contributed by atoms with Crippen molar-refractivity contribution < 1.29 is 19.1 Å². The predicted molar refractivity (Wildman–Crippen MR) is 138 cm³/mol. The van der Waals surface area contributed by atoms with Gasteiger partial charge < -0.3 is 19.4 Å². The molecule has 0 atom stereocenters. The highest BCUT2D eigenvalue weighted by Crippen LogP contribution is 2.26. The van der Waals surface area contributed by atoms with Crippen molar-refractivity contribution in [3.8, 4) is 17.2 Å². The maximum absolute atomic E-state index is 13.0. The van der Waals surface area contributed by atoms with Crippen molar-refractivity contribution in [2.75, 3.05) is 0 Å². The monoisotopic (exact) mass is 472 g/mol. The summed E-state index contributed by atoms with van der Waals surface area (Å²) in [7, 11) is 0. The summed E-state index contributed by atoms with van der Waals surface area (Å²) in [5, 5.41) is 1.74. The Balaban J connectivity index is 1.20. The van der Waals surface area contributed by atoms with E-state index in [0.717, 1.165) is 21.8 Å². The third-order valence-electron chi connectivity index (χ3n) is 5.87. The second kappa shape index (κ2) is 8.92. The SMILES string of the molecule is O=C(Oc1ccc2[nH]c(C(=O)c3cc4ccccc4[nH]3)cc2c1)c1cccc(Oc2ccccc2)c1. The molecule has 0 amide bonds. The summed E-state index contributed by atoms with van der Waals surface area (Å²) in [5.41, 5.74) is 3.00. The van der Waals surface area contributed by atoms with Crippen LogP contribution in [-0.2, 0) is 0 Å². The molecule has 0 spiro atoms. The fraction of sp³-hybridized carbons (Fsp3) is 0. The van der Waals surface area contributed by atoms with Gasteiger partial charge in [-0.25, -0.2) is 4.79 Å². The van der Waals surface area contributed by atoms with Crippen molar-refractivity contribution in [3.05, 3.63) is 126 Å². The van der Waals surface area contributed by atoms with Crippen LogP contribution in [0.4, 0.5) is 0 Å². The second-order valence-electron chi connectivity index (χ2n) is 8.36. The number of ketones is 1. The van der Waals surface area contributed by atoms with Crippen molar-refractivity contribution in [1.82, 2.24) is 9.97 Å². The minimum absolute atomic E-state index is 0.142. The van der Waals surface area contributed by atoms with Gasteiger partial charge in [0.1, 0.15) is 17.2 Å². The second-order valence-corrected chi connectivity index (χ2v) is 8.36. The van der Waals surface area contributed by atoms with Gasteiger partial charge in [-0.15, -0.1) is 0 Å². The van der Waals surface area contributed by atoms with Crippen LogP contribution in [0.15, 0.2) is 109 Å². The number of carbonyl (C=O) groups is 2. The lowest BCUT2D eigenvalue weighted by molar-refractivity contribution is 0.0734. The Morgan fingerprint density at radius 1 is 0.556 bits per heavy atom. The van der Waals surface area contributed by atoms with Crippen molar-refractivity contribution in [2.45, 2.75) is 0 Å². The Kier molecular flexibility index (Phi) is 5.31. The number of H-pyrrole nitrogens is 2. The van der Waals surface area contributed by atoms with E-state index >= 15 is 0 Å². The lowest BCUT2D eigenvalue weighted by atomic mass is 10.2. The highest BCUT2D eigenvalue weighted by atomic mass is 16.5. The molecule has 6 nitrogen and oxygen atoms in total. The van der Waals surface area contributed by atoms with E-state index in [1.165, 1.54) is 0 Å². The van der Waals surface area contributed by atoms with Gasteiger partial charge in [0.05, 0.1) is 17.0 Å². The molecule has 2 aromatic heterocycles. The van der Waals surface area contributed by atoms with Crippen LogP contribution in [0.25, 0.3) is 21.8 Å². The van der Waals surface area contributed by atoms with Gasteiger partial charge in [-0.3, -0.25) is 4.79 Å². The third kappa shape index (κ3) is 4.23. The highest BCUT2D eigenvalue weighted by Gasteiger charge is 2.16. The number of para-hydroxylation sites is 2. The molecule has 2 heterocycles. The van der Waals surface area contributed by atoms with E-state index in [2.05, 4.69) is 9.97 Å². The van der Waals surface area contributed by atoms with E-state index in [1.807, 2.05) is 60.7 Å². The van der Waals surface area contributed by atoms with Gasteiger partial charge in [-0.1, -0.05) is 42.5 Å². The van der Waals surface area contributed by atoms with Crippen molar-refractivity contribution in [1.29, 1.82) is 0 Å². The zero-order valence-electron chi connectivity index (χ0n) is 19.0. The molecule has 0 aliphatic carbocycles. The summed E-state index contributed by atoms with van der Waals surface area (Å²) in [4.78, 5) is 32.2. The number of esters is 1. The summed E-state index contributed by atoms with van der Waals surface area (Å²) in [6.45, 7) is 0. The Hall–Kier alpha value is -5.10. The van der Waals surface area contributed by atoms with Gasteiger partial charge in [0.25, 0.3) is 0 Å². The lowest BCUT2D eigenvalue weighted by Gasteiger charge is -2.08. The van der Waals surface area contributed by atoms with Crippen LogP contribution in [0.5, 0.6) is 17.2 Å². The summed E-state index contributed by atoms with van der Waals surface area (Å²) < 4.78 is 11.4. The summed E-state index contributed by atoms with van der Waals surface area (Å²) in [6.07, 6.45) is 0. The normalized spacial score (nSPS) is 11.0. The maximum Gasteiger partial charge on any atom is 0.343 e. The maximum atomic E-state index is 13.0. The smallest absolute Gasteiger partial charge is 0.343 e. The fourth-order valence-electron chi connectivity index (χ4n) is 4.11. The van der Waals surface area contributed by atoms with Crippen molar-refractivity contribution >= 4 is 33.6 Å². The molecule has 0 saturated heterocycles. The number of fused-ring (bicyclic) bond motifs is 2. The minimum atomic E-state index is -0.502. The third-order valence-corrected chi connectivity index (χ3v) is 5.87. The van der Waals surface area contributed by atoms with E-state index in [1.54, 1.807) is 48.5 Å². The highest BCUT2D eigenvalue weighted by molar-refractivity contribution is 6.11. The van der Waals surface area contributed by atoms with Gasteiger partial charge in [0, 0.05) is 21.8 Å². The number of aromatic amines is 2. The average molecular weight is 473 g/mol. The molecule has 6 heteroatoms. The quantitative estimate of drug-likeness (QED) is 0.157. The van der Waals surface area contributed by atoms with E-state index < -0.39 is 5.97 Å². The lowest BCUT2D eigenvalue weighted by Crippen LogP contribution is -2.08. The first kappa shape index (κ1) is 21.4. The van der Waals surface area contributed by atoms with E-state index in [4.69, 9.17) is 9.47 Å². The number of nitrogens with one attached hydrogen (secondary N) is 2. The number of benzene rings is 4. The van der Waals surface area contributed by atoms with Crippen LogP contribution in [0.3, 0.4) is 0 Å². The Morgan fingerprint density at radius 2 is 1.25 bits per heavy atom. The summed E-state index contributed by atoms with van der Waals surface area (Å²) in [5.74, 6) is 0.954. The molecule has 2 N–H and O–H groups in total. The van der Waals surface area contributed by atoms with Crippen molar-refractivity contribution in [2.24, 2.45) is 0 Å². The van der Waals surface area contributed by atoms with Gasteiger partial charge in [0.15, 0.2) is 0 Å². The van der Waals surface area contributed by atoms with E-state index in [-0.39, 0.29) is 5.78 Å². The first-order valence-corrected chi connectivity index (χ1v) is 11.4. The van der Waals surface area contributed by atoms with E-state index in [9.17, 15) is 9.59 Å². The summed E-state index contributed by atoms with van der Waals surface area (Å²) in [6, 6.07) is 32.7. The molecule has 6 aromatic rings. The fourth-order valence-corrected chi connectivity index (χ4v) is 4.11. The number of rotatable bonds is 6. The van der Waals surface area contributed by atoms with E-state index in [0.29, 0.717) is 34.2 Å². The molecule has 6 rings (SSSR count). The van der Waals surface area contributed by atoms with Crippen LogP contribution >= 0.6 is 0 Å². The number of carbonyl (C=O) groups excluding carboxylic acids is 2. The molecule has 0 radical (unpaired) electrons. The van der Waals surface area contributed by atoms with Gasteiger partial charge in [0.2, 0.25) is 5.78 Å². The molecular formula is C30H20N2O4. The number of aromatic nitrogens is 2. The van der Waals surface area contributed by atoms with Gasteiger partial charge >= 0.3 is 5.97 Å². The molecule has 36 heavy (non-hydrogen) atoms. The molecule has 0 aliphatic heterocycles.